The summed E-state index contributed by atoms with van der Waals surface area (Å²) in [5.74, 6) is -1.17. The minimum absolute atomic E-state index is 0.356. The average Bonchev–Trinajstić information content (AvgIpc) is 1.76. The van der Waals surface area contributed by atoms with Crippen molar-refractivity contribution in [2.24, 2.45) is 5.92 Å². The molecular formula is C5H8F3NO2S. The molecule has 1 fully saturated rings. The Morgan fingerprint density at radius 3 is 2.08 bits per heavy atom. The lowest BCUT2D eigenvalue weighted by molar-refractivity contribution is -0.0439. The topological polar surface area (TPSA) is 46.2 Å². The van der Waals surface area contributed by atoms with Crippen LogP contribution in [-0.2, 0) is 9.84 Å². The Balaban J connectivity index is 2.60. The fraction of sp³-hybridized carbons (Fsp3) is 1.00. The predicted octanol–water partition coefficient (Wildman–Crippen LogP) is 0.140. The summed E-state index contributed by atoms with van der Waals surface area (Å²) in [6, 6.07) is 0. The molecule has 0 saturated carbocycles. The minimum Gasteiger partial charge on any atom is -0.316 e. The lowest BCUT2D eigenvalue weighted by Gasteiger charge is -2.26. The number of hydrogen-bond acceptors (Lipinski definition) is 3. The third kappa shape index (κ3) is 1.89. The molecule has 0 spiro atoms. The normalized spacial score (nSPS) is 20.6. The molecule has 1 heterocycles. The Kier molecular flexibility index (Phi) is 2.35. The molecule has 1 aliphatic rings. The maximum atomic E-state index is 11.7. The quantitative estimate of drug-likeness (QED) is 0.694. The van der Waals surface area contributed by atoms with Crippen LogP contribution < -0.4 is 5.32 Å². The molecule has 0 aliphatic carbocycles. The molecule has 72 valence electrons. The molecule has 0 radical (unpaired) electrons. The zero-order valence-electron chi connectivity index (χ0n) is 6.06. The van der Waals surface area contributed by atoms with Crippen LogP contribution in [0.4, 0.5) is 13.2 Å². The van der Waals surface area contributed by atoms with Gasteiger partial charge < -0.3 is 5.32 Å². The number of rotatable bonds is 2. The van der Waals surface area contributed by atoms with Gasteiger partial charge in [0.1, 0.15) is 0 Å². The zero-order valence-corrected chi connectivity index (χ0v) is 6.87. The Morgan fingerprint density at radius 2 is 1.83 bits per heavy atom. The van der Waals surface area contributed by atoms with Gasteiger partial charge in [0.25, 0.3) is 0 Å². The molecule has 0 atom stereocenters. The average molecular weight is 203 g/mol. The van der Waals surface area contributed by atoms with Crippen molar-refractivity contribution in [2.45, 2.75) is 5.51 Å². The number of halogens is 3. The fourth-order valence-corrected chi connectivity index (χ4v) is 1.92. The largest absolute Gasteiger partial charge is 0.497 e. The molecule has 1 N–H and O–H groups in total. The predicted molar refractivity (Wildman–Crippen MR) is 36.2 cm³/mol. The number of nitrogens with one attached hydrogen (secondary N) is 1. The van der Waals surface area contributed by atoms with Gasteiger partial charge in [-0.25, -0.2) is 8.42 Å². The summed E-state index contributed by atoms with van der Waals surface area (Å²) in [6.45, 7) is 0.713. The Morgan fingerprint density at radius 1 is 1.33 bits per heavy atom. The van der Waals surface area contributed by atoms with Crippen molar-refractivity contribution in [1.29, 1.82) is 0 Å². The first kappa shape index (κ1) is 9.79. The zero-order chi connectivity index (χ0) is 9.41. The van der Waals surface area contributed by atoms with Crippen molar-refractivity contribution in [3.63, 3.8) is 0 Å². The van der Waals surface area contributed by atoms with Crippen LogP contribution in [0.1, 0.15) is 0 Å². The first-order valence-corrected chi connectivity index (χ1v) is 4.98. The molecule has 12 heavy (non-hydrogen) atoms. The van der Waals surface area contributed by atoms with E-state index in [1.165, 1.54) is 0 Å². The summed E-state index contributed by atoms with van der Waals surface area (Å²) >= 11 is 0. The first-order chi connectivity index (χ1) is 5.33. The fourth-order valence-electron chi connectivity index (χ4n) is 0.871. The molecule has 0 aromatic heterocycles. The number of alkyl halides is 3. The van der Waals surface area contributed by atoms with Gasteiger partial charge in [0.15, 0.2) is 0 Å². The molecule has 3 nitrogen and oxygen atoms in total. The van der Waals surface area contributed by atoms with Crippen LogP contribution in [-0.4, -0.2) is 32.8 Å². The third-order valence-corrected chi connectivity index (χ3v) is 3.29. The second kappa shape index (κ2) is 2.88. The lowest BCUT2D eigenvalue weighted by atomic mass is 10.1. The van der Waals surface area contributed by atoms with Gasteiger partial charge in [0.2, 0.25) is 9.84 Å². The summed E-state index contributed by atoms with van der Waals surface area (Å²) in [7, 11) is -4.90. The van der Waals surface area contributed by atoms with Gasteiger partial charge in [0, 0.05) is 13.1 Å². The van der Waals surface area contributed by atoms with Crippen LogP contribution >= 0.6 is 0 Å². The van der Waals surface area contributed by atoms with E-state index in [1.807, 2.05) is 0 Å². The van der Waals surface area contributed by atoms with Crippen LogP contribution in [0.3, 0.4) is 0 Å². The molecule has 7 heteroatoms. The van der Waals surface area contributed by atoms with Gasteiger partial charge in [-0.2, -0.15) is 13.2 Å². The second-order valence-corrected chi connectivity index (χ2v) is 4.78. The van der Waals surface area contributed by atoms with Gasteiger partial charge >= 0.3 is 5.51 Å². The molecule has 0 aromatic carbocycles. The van der Waals surface area contributed by atoms with E-state index >= 15 is 0 Å². The van der Waals surface area contributed by atoms with E-state index in [9.17, 15) is 21.6 Å². The van der Waals surface area contributed by atoms with Crippen molar-refractivity contribution in [1.82, 2.24) is 5.32 Å². The lowest BCUT2D eigenvalue weighted by Crippen LogP contribution is -2.47. The highest BCUT2D eigenvalue weighted by molar-refractivity contribution is 7.92. The minimum atomic E-state index is -5.09. The maximum Gasteiger partial charge on any atom is 0.497 e. The Bertz CT molecular complexity index is 254. The maximum absolute atomic E-state index is 11.7. The van der Waals surface area contributed by atoms with Crippen LogP contribution in [0, 0.1) is 5.92 Å². The highest BCUT2D eigenvalue weighted by Gasteiger charge is 2.46. The molecular weight excluding hydrogens is 195 g/mol. The van der Waals surface area contributed by atoms with Gasteiger partial charge in [-0.3, -0.25) is 0 Å². The number of sulfone groups is 1. The molecule has 1 aliphatic heterocycles. The van der Waals surface area contributed by atoms with E-state index in [0.717, 1.165) is 0 Å². The van der Waals surface area contributed by atoms with Crippen molar-refractivity contribution in [2.75, 3.05) is 18.8 Å². The van der Waals surface area contributed by atoms with Gasteiger partial charge in [-0.1, -0.05) is 0 Å². The SMILES string of the molecule is O=S(=O)(CC1CNC1)C(F)(F)F. The van der Waals surface area contributed by atoms with E-state index in [2.05, 4.69) is 5.32 Å². The summed E-state index contributed by atoms with van der Waals surface area (Å²) < 4.78 is 56.2. The van der Waals surface area contributed by atoms with Gasteiger partial charge in [-0.15, -0.1) is 0 Å². The van der Waals surface area contributed by atoms with E-state index in [-0.39, 0.29) is 5.92 Å². The van der Waals surface area contributed by atoms with Crippen LogP contribution in [0.2, 0.25) is 0 Å². The molecule has 1 rings (SSSR count). The van der Waals surface area contributed by atoms with Gasteiger partial charge in [0.05, 0.1) is 5.75 Å². The summed E-state index contributed by atoms with van der Waals surface area (Å²) in [4.78, 5) is 0. The number of hydrogen-bond donors (Lipinski definition) is 1. The first-order valence-electron chi connectivity index (χ1n) is 3.32. The van der Waals surface area contributed by atoms with Crippen molar-refractivity contribution in [3.8, 4) is 0 Å². The summed E-state index contributed by atoms with van der Waals surface area (Å²) in [5, 5.41) is 2.70. The molecule has 0 unspecified atom stereocenters. The monoisotopic (exact) mass is 203 g/mol. The Hall–Kier alpha value is -0.300. The van der Waals surface area contributed by atoms with E-state index in [0.29, 0.717) is 13.1 Å². The van der Waals surface area contributed by atoms with Crippen LogP contribution in [0.5, 0.6) is 0 Å². The van der Waals surface area contributed by atoms with E-state index < -0.39 is 21.1 Å². The molecule has 1 saturated heterocycles. The van der Waals surface area contributed by atoms with Gasteiger partial charge in [-0.05, 0) is 5.92 Å². The highest BCUT2D eigenvalue weighted by atomic mass is 32.2. The summed E-state index contributed by atoms with van der Waals surface area (Å²) in [6.07, 6.45) is 0. The highest BCUT2D eigenvalue weighted by Crippen LogP contribution is 2.26. The molecule has 0 bridgehead atoms. The smallest absolute Gasteiger partial charge is 0.316 e. The third-order valence-electron chi connectivity index (χ3n) is 1.67. The van der Waals surface area contributed by atoms with Crippen molar-refractivity contribution in [3.05, 3.63) is 0 Å². The van der Waals surface area contributed by atoms with E-state index in [1.54, 1.807) is 0 Å². The summed E-state index contributed by atoms with van der Waals surface area (Å²) in [5.41, 5.74) is -5.09. The van der Waals surface area contributed by atoms with Crippen molar-refractivity contribution >= 4 is 9.84 Å². The van der Waals surface area contributed by atoms with Crippen LogP contribution in [0.25, 0.3) is 0 Å². The second-order valence-electron chi connectivity index (χ2n) is 2.75. The van der Waals surface area contributed by atoms with Crippen molar-refractivity contribution < 1.29 is 21.6 Å². The van der Waals surface area contributed by atoms with E-state index in [4.69, 9.17) is 0 Å². The van der Waals surface area contributed by atoms with Crippen LogP contribution in [0.15, 0.2) is 0 Å². The molecule has 0 amide bonds. The molecule has 0 aromatic rings. The standard InChI is InChI=1S/C5H8F3NO2S/c6-5(7,8)12(10,11)3-4-1-9-2-4/h4,9H,1-3H2. The Labute approximate surface area is 67.9 Å².